The fourth-order valence-corrected chi connectivity index (χ4v) is 2.65. The predicted octanol–water partition coefficient (Wildman–Crippen LogP) is 4.25. The van der Waals surface area contributed by atoms with E-state index >= 15 is 0 Å². The van der Waals surface area contributed by atoms with Gasteiger partial charge in [0.05, 0.1) is 11.3 Å². The van der Waals surface area contributed by atoms with Crippen molar-refractivity contribution < 1.29 is 46.2 Å². The van der Waals surface area contributed by atoms with Gasteiger partial charge in [0.15, 0.2) is 0 Å². The molecule has 168 valence electrons. The molecule has 1 fully saturated rings. The summed E-state index contributed by atoms with van der Waals surface area (Å²) < 4.78 is 68.0. The first-order chi connectivity index (χ1) is 13.3. The molecule has 1 aliphatic carbocycles. The minimum Gasteiger partial charge on any atom is -0.462 e. The van der Waals surface area contributed by atoms with Gasteiger partial charge in [0, 0.05) is 0 Å². The van der Waals surface area contributed by atoms with E-state index in [-0.39, 0.29) is 0 Å². The Balaban J connectivity index is 2.47. The Morgan fingerprint density at radius 3 is 1.93 bits per heavy atom. The number of carbonyl (C=O) groups is 3. The van der Waals surface area contributed by atoms with Gasteiger partial charge in [-0.2, -0.15) is 17.6 Å². The summed E-state index contributed by atoms with van der Waals surface area (Å²) in [6, 6.07) is 0. The minimum absolute atomic E-state index is 0.362. The molecule has 0 unspecified atom stereocenters. The van der Waals surface area contributed by atoms with Crippen molar-refractivity contribution in [2.24, 2.45) is 11.3 Å². The van der Waals surface area contributed by atoms with E-state index in [0.717, 1.165) is 6.42 Å². The zero-order valence-electron chi connectivity index (χ0n) is 16.9. The normalized spacial score (nSPS) is 16.2. The minimum atomic E-state index is -4.58. The van der Waals surface area contributed by atoms with Crippen LogP contribution in [0.25, 0.3) is 0 Å². The fourth-order valence-electron chi connectivity index (χ4n) is 2.65. The summed E-state index contributed by atoms with van der Waals surface area (Å²) in [5, 5.41) is 0. The lowest BCUT2D eigenvalue weighted by Crippen LogP contribution is -2.41. The molecular weight excluding hydrogens is 400 g/mol. The SMILES string of the molecule is CCC(C)(C)C(=O)OCCOC(=O)C(F)(F)CC(F)(F)OC(=O)C1CCCCC1. The van der Waals surface area contributed by atoms with Gasteiger partial charge in [0.2, 0.25) is 0 Å². The number of rotatable bonds is 10. The molecule has 0 amide bonds. The largest absolute Gasteiger partial charge is 0.462 e. The first kappa shape index (κ1) is 25.2. The van der Waals surface area contributed by atoms with E-state index in [0.29, 0.717) is 32.1 Å². The average Bonchev–Trinajstić information content (AvgIpc) is 2.64. The van der Waals surface area contributed by atoms with Crippen molar-refractivity contribution >= 4 is 17.9 Å². The molecule has 0 aromatic heterocycles. The Kier molecular flexibility index (Phi) is 8.89. The first-order valence-corrected chi connectivity index (χ1v) is 9.64. The maximum atomic E-state index is 13.8. The highest BCUT2D eigenvalue weighted by atomic mass is 19.3. The van der Waals surface area contributed by atoms with Crippen LogP contribution in [0, 0.1) is 11.3 Å². The van der Waals surface area contributed by atoms with Crippen LogP contribution in [0.1, 0.15) is 65.7 Å². The molecule has 1 rings (SSSR count). The summed E-state index contributed by atoms with van der Waals surface area (Å²) in [7, 11) is 0. The van der Waals surface area contributed by atoms with Gasteiger partial charge in [-0.3, -0.25) is 9.59 Å². The summed E-state index contributed by atoms with van der Waals surface area (Å²) in [6.45, 7) is 3.78. The monoisotopic (exact) mass is 428 g/mol. The van der Waals surface area contributed by atoms with Gasteiger partial charge >= 0.3 is 29.9 Å². The van der Waals surface area contributed by atoms with Crippen LogP contribution >= 0.6 is 0 Å². The number of alkyl halides is 4. The van der Waals surface area contributed by atoms with E-state index in [9.17, 15) is 31.9 Å². The molecule has 29 heavy (non-hydrogen) atoms. The van der Waals surface area contributed by atoms with Crippen LogP contribution in [0.5, 0.6) is 0 Å². The van der Waals surface area contributed by atoms with Crippen molar-refractivity contribution in [1.82, 2.24) is 0 Å². The van der Waals surface area contributed by atoms with E-state index in [1.165, 1.54) is 0 Å². The van der Waals surface area contributed by atoms with Gasteiger partial charge in [0.25, 0.3) is 0 Å². The predicted molar refractivity (Wildman–Crippen MR) is 93.2 cm³/mol. The second-order valence-corrected chi connectivity index (χ2v) is 7.78. The maximum Gasteiger partial charge on any atom is 0.406 e. The molecular formula is C19H28F4O6. The Morgan fingerprint density at radius 2 is 1.41 bits per heavy atom. The van der Waals surface area contributed by atoms with Gasteiger partial charge in [0.1, 0.15) is 19.6 Å². The van der Waals surface area contributed by atoms with Crippen molar-refractivity contribution in [3.05, 3.63) is 0 Å². The molecule has 0 radical (unpaired) electrons. The van der Waals surface area contributed by atoms with Gasteiger partial charge in [-0.25, -0.2) is 4.79 Å². The van der Waals surface area contributed by atoms with Crippen LogP contribution in [0.2, 0.25) is 0 Å². The van der Waals surface area contributed by atoms with Crippen LogP contribution in [0.15, 0.2) is 0 Å². The molecule has 0 aromatic carbocycles. The van der Waals surface area contributed by atoms with Gasteiger partial charge < -0.3 is 14.2 Å². The number of esters is 3. The quantitative estimate of drug-likeness (QED) is 0.224. The summed E-state index contributed by atoms with van der Waals surface area (Å²) in [5.41, 5.74) is -0.793. The highest BCUT2D eigenvalue weighted by Crippen LogP contribution is 2.34. The molecule has 0 aliphatic heterocycles. The lowest BCUT2D eigenvalue weighted by atomic mass is 9.89. The Hall–Kier alpha value is -1.87. The van der Waals surface area contributed by atoms with E-state index < -0.39 is 60.9 Å². The van der Waals surface area contributed by atoms with Crippen LogP contribution < -0.4 is 0 Å². The molecule has 6 nitrogen and oxygen atoms in total. The number of hydrogen-bond acceptors (Lipinski definition) is 6. The molecule has 10 heteroatoms. The van der Waals surface area contributed by atoms with Crippen LogP contribution in [0.3, 0.4) is 0 Å². The number of halogens is 4. The van der Waals surface area contributed by atoms with Crippen molar-refractivity contribution in [3.63, 3.8) is 0 Å². The third-order valence-corrected chi connectivity index (χ3v) is 4.90. The highest BCUT2D eigenvalue weighted by molar-refractivity contribution is 5.78. The van der Waals surface area contributed by atoms with E-state index in [1.807, 2.05) is 0 Å². The van der Waals surface area contributed by atoms with E-state index in [1.54, 1.807) is 20.8 Å². The van der Waals surface area contributed by atoms with Crippen molar-refractivity contribution in [2.75, 3.05) is 13.2 Å². The lowest BCUT2D eigenvalue weighted by Gasteiger charge is -2.25. The van der Waals surface area contributed by atoms with E-state index in [2.05, 4.69) is 9.47 Å². The fraction of sp³-hybridized carbons (Fsp3) is 0.842. The van der Waals surface area contributed by atoms with Gasteiger partial charge in [-0.05, 0) is 33.1 Å². The second-order valence-electron chi connectivity index (χ2n) is 7.78. The number of ether oxygens (including phenoxy) is 3. The topological polar surface area (TPSA) is 78.9 Å². The lowest BCUT2D eigenvalue weighted by molar-refractivity contribution is -0.263. The molecule has 0 atom stereocenters. The molecule has 0 bridgehead atoms. The zero-order valence-corrected chi connectivity index (χ0v) is 16.9. The first-order valence-electron chi connectivity index (χ1n) is 9.64. The molecule has 0 saturated heterocycles. The van der Waals surface area contributed by atoms with Crippen LogP contribution in [-0.4, -0.2) is 43.2 Å². The summed E-state index contributed by atoms with van der Waals surface area (Å²) in [5.74, 6) is -9.40. The van der Waals surface area contributed by atoms with E-state index in [4.69, 9.17) is 4.74 Å². The average molecular weight is 428 g/mol. The number of hydrogen-bond donors (Lipinski definition) is 0. The highest BCUT2D eigenvalue weighted by Gasteiger charge is 2.53. The Morgan fingerprint density at radius 1 is 0.897 bits per heavy atom. The standard InChI is InChI=1S/C19H28F4O6/c1-4-17(2,3)15(25)27-10-11-28-16(26)18(20,21)12-19(22,23)29-14(24)13-8-6-5-7-9-13/h13H,4-12H2,1-3H3. The van der Waals surface area contributed by atoms with Gasteiger partial charge in [-0.15, -0.1) is 0 Å². The Bertz CT molecular complexity index is 585. The molecule has 1 saturated carbocycles. The van der Waals surface area contributed by atoms with Gasteiger partial charge in [-0.1, -0.05) is 26.2 Å². The second kappa shape index (κ2) is 10.2. The number of carbonyl (C=O) groups excluding carboxylic acids is 3. The summed E-state index contributed by atoms with van der Waals surface area (Å²) in [4.78, 5) is 34.9. The molecule has 0 spiro atoms. The summed E-state index contributed by atoms with van der Waals surface area (Å²) >= 11 is 0. The zero-order chi connectivity index (χ0) is 22.3. The van der Waals surface area contributed by atoms with Crippen molar-refractivity contribution in [1.29, 1.82) is 0 Å². The molecule has 0 aromatic rings. The molecule has 1 aliphatic rings. The smallest absolute Gasteiger partial charge is 0.406 e. The Labute approximate surface area is 167 Å². The maximum absolute atomic E-state index is 13.8. The third-order valence-electron chi connectivity index (χ3n) is 4.90. The summed E-state index contributed by atoms with van der Waals surface area (Å²) in [6.07, 6.45) is -3.42. The van der Waals surface area contributed by atoms with Crippen molar-refractivity contribution in [3.8, 4) is 0 Å². The third kappa shape index (κ3) is 8.18. The molecule has 0 heterocycles. The van der Waals surface area contributed by atoms with Crippen LogP contribution in [0.4, 0.5) is 17.6 Å². The van der Waals surface area contributed by atoms with Crippen LogP contribution in [-0.2, 0) is 28.6 Å². The molecule has 0 N–H and O–H groups in total. The van der Waals surface area contributed by atoms with Crippen molar-refractivity contribution in [2.45, 2.75) is 77.7 Å².